The van der Waals surface area contributed by atoms with Crippen molar-refractivity contribution in [2.24, 2.45) is 34.5 Å². The molecule has 4 aliphatic carbocycles. The second-order valence-corrected chi connectivity index (χ2v) is 13.2. The van der Waals surface area contributed by atoms with Crippen molar-refractivity contribution in [1.82, 2.24) is 4.90 Å². The van der Waals surface area contributed by atoms with Crippen LogP contribution in [-0.2, 0) is 30.2 Å². The lowest BCUT2D eigenvalue weighted by Gasteiger charge is -2.55. The molecule has 1 heterocycles. The minimum Gasteiger partial charge on any atom is -0.465 e. The molecule has 5 aliphatic rings. The first kappa shape index (κ1) is 28.0. The summed E-state index contributed by atoms with van der Waals surface area (Å²) in [5.41, 5.74) is -2.04. The van der Waals surface area contributed by atoms with Gasteiger partial charge in [0.2, 0.25) is 0 Å². The molecule has 6 rings (SSSR count). The van der Waals surface area contributed by atoms with Gasteiger partial charge in [0.05, 0.1) is 13.2 Å². The molecule has 1 saturated heterocycles. The van der Waals surface area contributed by atoms with Gasteiger partial charge in [-0.15, -0.1) is 0 Å². The summed E-state index contributed by atoms with van der Waals surface area (Å²) in [6.45, 7) is 8.16. The van der Waals surface area contributed by atoms with E-state index in [1.165, 1.54) is 19.3 Å². The Kier molecular flexibility index (Phi) is 7.73. The standard InChI is InChI=1S/C32H45NO6/c1-5-37-27(34)31(15-22(3)4)20-33(21-32(31,28(35)38-6-2)19-23-10-8-7-9-11-23)29(36)39-30-16-24-12-25(17-30)14-26(13-24)18-30/h7-11,22,24-26H,5-6,12-21H2,1-4H3/t24?,25?,26?,30?,31-,32+/m0/s1. The molecule has 4 bridgehead atoms. The van der Waals surface area contributed by atoms with Gasteiger partial charge in [0.15, 0.2) is 0 Å². The Morgan fingerprint density at radius 3 is 1.87 bits per heavy atom. The number of rotatable bonds is 9. The fourth-order valence-corrected chi connectivity index (χ4v) is 8.89. The fourth-order valence-electron chi connectivity index (χ4n) is 8.89. The van der Waals surface area contributed by atoms with Gasteiger partial charge in [-0.25, -0.2) is 4.79 Å². The average Bonchev–Trinajstić information content (AvgIpc) is 3.19. The van der Waals surface area contributed by atoms with Crippen molar-refractivity contribution < 1.29 is 28.6 Å². The Labute approximate surface area is 232 Å². The number of carbonyl (C=O) groups is 3. The highest BCUT2D eigenvalue weighted by Gasteiger charge is 2.69. The zero-order valence-electron chi connectivity index (χ0n) is 24.1. The molecule has 214 valence electrons. The lowest BCUT2D eigenvalue weighted by atomic mass is 9.54. The van der Waals surface area contributed by atoms with E-state index in [9.17, 15) is 14.4 Å². The minimum atomic E-state index is -1.29. The highest BCUT2D eigenvalue weighted by Crippen LogP contribution is 2.58. The molecular weight excluding hydrogens is 494 g/mol. The van der Waals surface area contributed by atoms with Crippen molar-refractivity contribution in [2.45, 2.75) is 84.7 Å². The lowest BCUT2D eigenvalue weighted by Crippen LogP contribution is -2.55. The van der Waals surface area contributed by atoms with Crippen LogP contribution in [0.15, 0.2) is 30.3 Å². The quantitative estimate of drug-likeness (QED) is 0.292. The van der Waals surface area contributed by atoms with Gasteiger partial charge < -0.3 is 19.1 Å². The van der Waals surface area contributed by atoms with E-state index in [4.69, 9.17) is 14.2 Å². The molecule has 1 aromatic carbocycles. The van der Waals surface area contributed by atoms with Crippen LogP contribution in [0.1, 0.15) is 78.2 Å². The molecule has 7 heteroatoms. The van der Waals surface area contributed by atoms with Crippen LogP contribution in [0.3, 0.4) is 0 Å². The predicted molar refractivity (Wildman–Crippen MR) is 147 cm³/mol. The number of likely N-dealkylation sites (tertiary alicyclic amines) is 1. The Morgan fingerprint density at radius 1 is 0.846 bits per heavy atom. The van der Waals surface area contributed by atoms with Gasteiger partial charge in [-0.3, -0.25) is 9.59 Å². The van der Waals surface area contributed by atoms with Crippen LogP contribution in [0.2, 0.25) is 0 Å². The van der Waals surface area contributed by atoms with E-state index in [-0.39, 0.29) is 38.6 Å². The summed E-state index contributed by atoms with van der Waals surface area (Å²) in [4.78, 5) is 43.7. The van der Waals surface area contributed by atoms with Gasteiger partial charge in [0, 0.05) is 13.1 Å². The summed E-state index contributed by atoms with van der Waals surface area (Å²) in [5.74, 6) is 1.11. The maximum absolute atomic E-state index is 14.0. The Morgan fingerprint density at radius 2 is 1.36 bits per heavy atom. The number of amides is 1. The van der Waals surface area contributed by atoms with Crippen molar-refractivity contribution in [3.05, 3.63) is 35.9 Å². The zero-order valence-corrected chi connectivity index (χ0v) is 24.1. The normalized spacial score (nSPS) is 34.8. The molecular formula is C32H45NO6. The molecule has 0 spiro atoms. The minimum absolute atomic E-state index is 0.0669. The molecule has 2 atom stereocenters. The van der Waals surface area contributed by atoms with E-state index in [2.05, 4.69) is 0 Å². The van der Waals surface area contributed by atoms with Crippen molar-refractivity contribution in [2.75, 3.05) is 26.3 Å². The van der Waals surface area contributed by atoms with E-state index >= 15 is 0 Å². The summed E-state index contributed by atoms with van der Waals surface area (Å²) in [7, 11) is 0. The van der Waals surface area contributed by atoms with Crippen molar-refractivity contribution >= 4 is 18.0 Å². The fraction of sp³-hybridized carbons (Fsp3) is 0.719. The first-order valence-corrected chi connectivity index (χ1v) is 15.0. The molecule has 5 fully saturated rings. The predicted octanol–water partition coefficient (Wildman–Crippen LogP) is 5.80. The Hall–Kier alpha value is -2.57. The van der Waals surface area contributed by atoms with E-state index in [0.29, 0.717) is 24.2 Å². The SMILES string of the molecule is CCOC(=O)[C@]1(CC(C)C)CN(C(=O)OC23CC4CC(CC(C4)C2)C3)C[C@]1(Cc1ccccc1)C(=O)OCC. The second kappa shape index (κ2) is 10.8. The van der Waals surface area contributed by atoms with Crippen molar-refractivity contribution in [1.29, 1.82) is 0 Å². The van der Waals surface area contributed by atoms with E-state index in [1.807, 2.05) is 44.2 Å². The van der Waals surface area contributed by atoms with Crippen LogP contribution in [0, 0.1) is 34.5 Å². The third-order valence-electron chi connectivity index (χ3n) is 9.82. The number of ether oxygens (including phenoxy) is 3. The number of carbonyl (C=O) groups excluding carboxylic acids is 3. The molecule has 7 nitrogen and oxygen atoms in total. The smallest absolute Gasteiger partial charge is 0.410 e. The molecule has 1 aromatic rings. The summed E-state index contributed by atoms with van der Waals surface area (Å²) in [6, 6.07) is 9.70. The third-order valence-corrected chi connectivity index (χ3v) is 9.82. The maximum atomic E-state index is 14.0. The highest BCUT2D eigenvalue weighted by molar-refractivity contribution is 5.91. The maximum Gasteiger partial charge on any atom is 0.410 e. The van der Waals surface area contributed by atoms with Crippen LogP contribution >= 0.6 is 0 Å². The Balaban J connectivity index is 1.53. The van der Waals surface area contributed by atoms with E-state index in [1.54, 1.807) is 18.7 Å². The average molecular weight is 540 g/mol. The van der Waals surface area contributed by atoms with Crippen LogP contribution in [-0.4, -0.2) is 54.8 Å². The molecule has 4 saturated carbocycles. The number of hydrogen-bond donors (Lipinski definition) is 0. The molecule has 0 unspecified atom stereocenters. The number of hydrogen-bond acceptors (Lipinski definition) is 6. The summed E-state index contributed by atoms with van der Waals surface area (Å²) in [5, 5.41) is 0. The van der Waals surface area contributed by atoms with E-state index in [0.717, 1.165) is 24.8 Å². The topological polar surface area (TPSA) is 82.1 Å². The van der Waals surface area contributed by atoms with Crippen LogP contribution in [0.4, 0.5) is 4.79 Å². The molecule has 0 radical (unpaired) electrons. The van der Waals surface area contributed by atoms with Crippen molar-refractivity contribution in [3.63, 3.8) is 0 Å². The molecule has 1 amide bonds. The first-order valence-electron chi connectivity index (χ1n) is 15.0. The third kappa shape index (κ3) is 5.06. The number of nitrogens with zero attached hydrogens (tertiary/aromatic N) is 1. The summed E-state index contributed by atoms with van der Waals surface area (Å²) in [6.07, 6.45) is 6.83. The monoisotopic (exact) mass is 539 g/mol. The molecule has 0 aromatic heterocycles. The van der Waals surface area contributed by atoms with E-state index < -0.39 is 34.5 Å². The molecule has 1 aliphatic heterocycles. The van der Waals surface area contributed by atoms with Crippen molar-refractivity contribution in [3.8, 4) is 0 Å². The lowest BCUT2D eigenvalue weighted by molar-refractivity contribution is -0.177. The van der Waals surface area contributed by atoms with Gasteiger partial charge in [-0.2, -0.15) is 0 Å². The number of benzene rings is 1. The van der Waals surface area contributed by atoms with Gasteiger partial charge >= 0.3 is 18.0 Å². The highest BCUT2D eigenvalue weighted by atomic mass is 16.6. The number of esters is 2. The van der Waals surface area contributed by atoms with Gasteiger partial charge in [0.25, 0.3) is 0 Å². The zero-order chi connectivity index (χ0) is 27.8. The van der Waals surface area contributed by atoms with Crippen LogP contribution < -0.4 is 0 Å². The second-order valence-electron chi connectivity index (χ2n) is 13.2. The van der Waals surface area contributed by atoms with Gasteiger partial charge in [-0.05, 0) is 94.4 Å². The summed E-state index contributed by atoms with van der Waals surface area (Å²) >= 11 is 0. The van der Waals surface area contributed by atoms with Gasteiger partial charge in [0.1, 0.15) is 16.4 Å². The Bertz CT molecular complexity index is 1030. The van der Waals surface area contributed by atoms with Crippen LogP contribution in [0.5, 0.6) is 0 Å². The van der Waals surface area contributed by atoms with Crippen LogP contribution in [0.25, 0.3) is 0 Å². The summed E-state index contributed by atoms with van der Waals surface area (Å²) < 4.78 is 17.8. The first-order chi connectivity index (χ1) is 18.6. The molecule has 0 N–H and O–H groups in total. The largest absolute Gasteiger partial charge is 0.465 e. The van der Waals surface area contributed by atoms with Gasteiger partial charge in [-0.1, -0.05) is 44.2 Å². The molecule has 39 heavy (non-hydrogen) atoms.